The highest BCUT2D eigenvalue weighted by atomic mass is 19.3. The molecule has 3 rings (SSSR count). The van der Waals surface area contributed by atoms with E-state index in [-0.39, 0.29) is 0 Å². The molecule has 0 radical (unpaired) electrons. The van der Waals surface area contributed by atoms with E-state index in [1.807, 2.05) is 17.9 Å². The lowest BCUT2D eigenvalue weighted by molar-refractivity contribution is 0.0610. The Kier molecular flexibility index (Phi) is 2.20. The van der Waals surface area contributed by atoms with Gasteiger partial charge in [0.25, 0.3) is 5.78 Å². The predicted molar refractivity (Wildman–Crippen MR) is 57.2 cm³/mol. The van der Waals surface area contributed by atoms with Crippen LogP contribution in [-0.4, -0.2) is 39.1 Å². The Bertz CT molecular complexity index is 547. The highest BCUT2D eigenvalue weighted by Gasteiger charge is 2.35. The number of hydrogen-bond acceptors (Lipinski definition) is 4. The molecule has 7 heteroatoms. The van der Waals surface area contributed by atoms with E-state index in [9.17, 15) is 8.78 Å². The van der Waals surface area contributed by atoms with E-state index in [1.165, 1.54) is 6.33 Å². The average molecular weight is 239 g/mol. The first kappa shape index (κ1) is 10.4. The van der Waals surface area contributed by atoms with Crippen molar-refractivity contribution in [1.82, 2.24) is 19.6 Å². The Morgan fingerprint density at radius 1 is 1.41 bits per heavy atom. The lowest BCUT2D eigenvalue weighted by Gasteiger charge is -2.40. The van der Waals surface area contributed by atoms with Gasteiger partial charge in [-0.15, -0.1) is 0 Å². The maximum Gasteiger partial charge on any atom is 0.254 e. The van der Waals surface area contributed by atoms with Gasteiger partial charge in [0, 0.05) is 24.8 Å². The van der Waals surface area contributed by atoms with E-state index in [1.54, 1.807) is 4.52 Å². The molecule has 1 saturated heterocycles. The number of alkyl halides is 2. The van der Waals surface area contributed by atoms with Crippen LogP contribution in [0.1, 0.15) is 5.69 Å². The molecule has 0 unspecified atom stereocenters. The second kappa shape index (κ2) is 3.61. The maximum absolute atomic E-state index is 12.4. The Morgan fingerprint density at radius 3 is 2.88 bits per heavy atom. The summed E-state index contributed by atoms with van der Waals surface area (Å²) < 4.78 is 26.4. The van der Waals surface area contributed by atoms with Crippen LogP contribution in [0.15, 0.2) is 12.4 Å². The highest BCUT2D eigenvalue weighted by molar-refractivity contribution is 5.49. The van der Waals surface area contributed by atoms with E-state index in [4.69, 9.17) is 0 Å². The standard InChI is InChI=1S/C10H11F2N5/c1-6-2-8(16-3-7(4-16)9(11)12)17-10(15-6)13-5-14-17/h2,5,7,9H,3-4H2,1H3. The molecule has 0 aliphatic carbocycles. The Balaban J connectivity index is 1.93. The van der Waals surface area contributed by atoms with Gasteiger partial charge in [-0.1, -0.05) is 0 Å². The van der Waals surface area contributed by atoms with Crippen LogP contribution in [0.3, 0.4) is 0 Å². The van der Waals surface area contributed by atoms with Gasteiger partial charge in [-0.3, -0.25) is 0 Å². The Morgan fingerprint density at radius 2 is 2.18 bits per heavy atom. The first-order valence-electron chi connectivity index (χ1n) is 5.35. The fourth-order valence-electron chi connectivity index (χ4n) is 2.00. The van der Waals surface area contributed by atoms with E-state index in [0.29, 0.717) is 18.9 Å². The van der Waals surface area contributed by atoms with Crippen molar-refractivity contribution >= 4 is 11.6 Å². The number of hydrogen-bond donors (Lipinski definition) is 0. The van der Waals surface area contributed by atoms with Crippen molar-refractivity contribution in [3.63, 3.8) is 0 Å². The minimum Gasteiger partial charge on any atom is -0.355 e. The van der Waals surface area contributed by atoms with Crippen LogP contribution < -0.4 is 4.90 Å². The van der Waals surface area contributed by atoms with Gasteiger partial charge < -0.3 is 4.90 Å². The number of aryl methyl sites for hydroxylation is 1. The van der Waals surface area contributed by atoms with Crippen LogP contribution in [0, 0.1) is 12.8 Å². The van der Waals surface area contributed by atoms with Gasteiger partial charge in [-0.05, 0) is 6.92 Å². The number of nitrogens with zero attached hydrogens (tertiary/aromatic N) is 5. The molecule has 0 bridgehead atoms. The molecule has 1 fully saturated rings. The summed E-state index contributed by atoms with van der Waals surface area (Å²) in [4.78, 5) is 10.1. The third-order valence-corrected chi connectivity index (χ3v) is 2.95. The zero-order valence-electron chi connectivity index (χ0n) is 9.22. The third kappa shape index (κ3) is 1.62. The molecular formula is C10H11F2N5. The van der Waals surface area contributed by atoms with Crippen LogP contribution in [0.4, 0.5) is 14.6 Å². The van der Waals surface area contributed by atoms with Gasteiger partial charge >= 0.3 is 0 Å². The molecule has 17 heavy (non-hydrogen) atoms. The monoisotopic (exact) mass is 239 g/mol. The predicted octanol–water partition coefficient (Wildman–Crippen LogP) is 1.13. The molecule has 1 aliphatic rings. The first-order chi connectivity index (χ1) is 8.15. The summed E-state index contributed by atoms with van der Waals surface area (Å²) in [6.07, 6.45) is -0.837. The van der Waals surface area contributed by atoms with Crippen LogP contribution in [0.5, 0.6) is 0 Å². The number of anilines is 1. The molecule has 2 aromatic heterocycles. The van der Waals surface area contributed by atoms with E-state index < -0.39 is 12.3 Å². The van der Waals surface area contributed by atoms with Crippen molar-refractivity contribution in [2.45, 2.75) is 13.3 Å². The fraction of sp³-hybridized carbons (Fsp3) is 0.500. The molecular weight excluding hydrogens is 228 g/mol. The van der Waals surface area contributed by atoms with Gasteiger partial charge in [0.2, 0.25) is 6.43 Å². The average Bonchev–Trinajstić information content (AvgIpc) is 2.61. The normalized spacial score (nSPS) is 16.8. The van der Waals surface area contributed by atoms with Gasteiger partial charge in [-0.25, -0.2) is 13.8 Å². The van der Waals surface area contributed by atoms with E-state index >= 15 is 0 Å². The molecule has 0 atom stereocenters. The van der Waals surface area contributed by atoms with Gasteiger partial charge in [-0.2, -0.15) is 14.6 Å². The molecule has 0 saturated carbocycles. The number of fused-ring (bicyclic) bond motifs is 1. The third-order valence-electron chi connectivity index (χ3n) is 2.95. The van der Waals surface area contributed by atoms with Crippen molar-refractivity contribution in [1.29, 1.82) is 0 Å². The molecule has 0 N–H and O–H groups in total. The second-order valence-electron chi connectivity index (χ2n) is 4.23. The molecule has 90 valence electrons. The molecule has 3 heterocycles. The van der Waals surface area contributed by atoms with Crippen LogP contribution >= 0.6 is 0 Å². The largest absolute Gasteiger partial charge is 0.355 e. The van der Waals surface area contributed by atoms with Crippen LogP contribution in [0.2, 0.25) is 0 Å². The minimum atomic E-state index is -2.25. The number of halogens is 2. The van der Waals surface area contributed by atoms with Gasteiger partial charge in [0.1, 0.15) is 12.1 Å². The Hall–Kier alpha value is -1.79. The van der Waals surface area contributed by atoms with Gasteiger partial charge in [0.15, 0.2) is 0 Å². The van der Waals surface area contributed by atoms with Crippen molar-refractivity contribution in [2.24, 2.45) is 5.92 Å². The summed E-state index contributed by atoms with van der Waals surface area (Å²) in [6, 6.07) is 1.84. The summed E-state index contributed by atoms with van der Waals surface area (Å²) >= 11 is 0. The lowest BCUT2D eigenvalue weighted by atomic mass is 10.0. The zero-order chi connectivity index (χ0) is 12.0. The van der Waals surface area contributed by atoms with Crippen LogP contribution in [-0.2, 0) is 0 Å². The molecule has 5 nitrogen and oxygen atoms in total. The van der Waals surface area contributed by atoms with Crippen molar-refractivity contribution in [2.75, 3.05) is 18.0 Å². The summed E-state index contributed by atoms with van der Waals surface area (Å²) in [5, 5.41) is 4.05. The molecule has 2 aromatic rings. The zero-order valence-corrected chi connectivity index (χ0v) is 9.22. The number of rotatable bonds is 2. The summed E-state index contributed by atoms with van der Waals surface area (Å²) in [5.74, 6) is 0.740. The summed E-state index contributed by atoms with van der Waals surface area (Å²) in [5.41, 5.74) is 0.806. The van der Waals surface area contributed by atoms with Crippen molar-refractivity contribution < 1.29 is 8.78 Å². The molecule has 0 spiro atoms. The lowest BCUT2D eigenvalue weighted by Crippen LogP contribution is -2.50. The van der Waals surface area contributed by atoms with E-state index in [2.05, 4.69) is 15.1 Å². The summed E-state index contributed by atoms with van der Waals surface area (Å²) in [6.45, 7) is 2.56. The summed E-state index contributed by atoms with van der Waals surface area (Å²) in [7, 11) is 0. The minimum absolute atomic E-state index is 0.357. The second-order valence-corrected chi connectivity index (χ2v) is 4.23. The smallest absolute Gasteiger partial charge is 0.254 e. The topological polar surface area (TPSA) is 46.3 Å². The van der Waals surface area contributed by atoms with Crippen molar-refractivity contribution in [3.8, 4) is 0 Å². The molecule has 0 aromatic carbocycles. The van der Waals surface area contributed by atoms with Gasteiger partial charge in [0.05, 0.1) is 5.92 Å². The maximum atomic E-state index is 12.4. The van der Waals surface area contributed by atoms with Crippen molar-refractivity contribution in [3.05, 3.63) is 18.1 Å². The highest BCUT2D eigenvalue weighted by Crippen LogP contribution is 2.28. The molecule has 1 aliphatic heterocycles. The number of aromatic nitrogens is 4. The van der Waals surface area contributed by atoms with Crippen LogP contribution in [0.25, 0.3) is 5.78 Å². The Labute approximate surface area is 96.1 Å². The fourth-order valence-corrected chi connectivity index (χ4v) is 2.00. The van der Waals surface area contributed by atoms with E-state index in [0.717, 1.165) is 11.5 Å². The SMILES string of the molecule is Cc1cc(N2CC(C(F)F)C2)n2ncnc2n1. The molecule has 0 amide bonds. The first-order valence-corrected chi connectivity index (χ1v) is 5.35. The quantitative estimate of drug-likeness (QED) is 0.788.